The quantitative estimate of drug-likeness (QED) is 0.877. The van der Waals surface area contributed by atoms with E-state index in [9.17, 15) is 9.59 Å². The molecular formula is C19H20ClN3O2. The van der Waals surface area contributed by atoms with Gasteiger partial charge < -0.3 is 15.5 Å². The van der Waals surface area contributed by atoms with E-state index in [1.807, 2.05) is 30.3 Å². The van der Waals surface area contributed by atoms with Gasteiger partial charge in [0.15, 0.2) is 0 Å². The van der Waals surface area contributed by atoms with Crippen LogP contribution in [0.5, 0.6) is 0 Å². The van der Waals surface area contributed by atoms with Crippen molar-refractivity contribution in [1.29, 1.82) is 0 Å². The Bertz CT molecular complexity index is 734. The first-order valence-corrected chi connectivity index (χ1v) is 8.66. The number of likely N-dealkylation sites (tertiary alicyclic amines) is 1. The second-order valence-electron chi connectivity index (χ2n) is 5.99. The minimum Gasteiger partial charge on any atom is -0.334 e. The van der Waals surface area contributed by atoms with Gasteiger partial charge in [0.05, 0.1) is 0 Å². The van der Waals surface area contributed by atoms with Crippen molar-refractivity contribution >= 4 is 29.2 Å². The predicted octanol–water partition coefficient (Wildman–Crippen LogP) is 3.65. The summed E-state index contributed by atoms with van der Waals surface area (Å²) in [6.07, 6.45) is 1.48. The van der Waals surface area contributed by atoms with E-state index in [0.717, 1.165) is 12.0 Å². The van der Waals surface area contributed by atoms with Crippen LogP contribution in [0.2, 0.25) is 5.02 Å². The fourth-order valence-corrected chi connectivity index (χ4v) is 3.04. The average Bonchev–Trinajstić information content (AvgIpc) is 3.12. The molecule has 0 aromatic heterocycles. The van der Waals surface area contributed by atoms with Gasteiger partial charge in [0.25, 0.3) is 0 Å². The highest BCUT2D eigenvalue weighted by Gasteiger charge is 2.34. The van der Waals surface area contributed by atoms with Crippen molar-refractivity contribution < 1.29 is 9.59 Å². The second kappa shape index (κ2) is 8.03. The minimum atomic E-state index is -0.452. The molecule has 0 saturated carbocycles. The zero-order valence-electron chi connectivity index (χ0n) is 13.7. The molecule has 130 valence electrons. The Morgan fingerprint density at radius 1 is 1.08 bits per heavy atom. The molecule has 1 saturated heterocycles. The largest absolute Gasteiger partial charge is 0.334 e. The molecule has 0 bridgehead atoms. The topological polar surface area (TPSA) is 61.4 Å². The monoisotopic (exact) mass is 357 g/mol. The average molecular weight is 358 g/mol. The van der Waals surface area contributed by atoms with E-state index in [0.29, 0.717) is 30.2 Å². The molecule has 0 unspecified atom stereocenters. The number of amides is 3. The maximum Gasteiger partial charge on any atom is 0.318 e. The Labute approximate surface area is 152 Å². The van der Waals surface area contributed by atoms with E-state index >= 15 is 0 Å². The lowest BCUT2D eigenvalue weighted by Crippen LogP contribution is -2.47. The van der Waals surface area contributed by atoms with Gasteiger partial charge in [0.1, 0.15) is 6.04 Å². The third-order valence-electron chi connectivity index (χ3n) is 4.21. The third kappa shape index (κ3) is 4.51. The number of hydrogen-bond acceptors (Lipinski definition) is 2. The molecule has 1 aliphatic heterocycles. The number of benzene rings is 2. The molecule has 1 fully saturated rings. The molecule has 1 heterocycles. The van der Waals surface area contributed by atoms with Gasteiger partial charge in [-0.2, -0.15) is 0 Å². The Morgan fingerprint density at radius 2 is 1.80 bits per heavy atom. The van der Waals surface area contributed by atoms with E-state index in [-0.39, 0.29) is 11.9 Å². The Morgan fingerprint density at radius 3 is 2.52 bits per heavy atom. The van der Waals surface area contributed by atoms with Crippen molar-refractivity contribution in [3.8, 4) is 0 Å². The summed E-state index contributed by atoms with van der Waals surface area (Å²) >= 11 is 5.85. The summed E-state index contributed by atoms with van der Waals surface area (Å²) in [6, 6.07) is 16.0. The van der Waals surface area contributed by atoms with Crippen LogP contribution in [0.3, 0.4) is 0 Å². The first-order chi connectivity index (χ1) is 12.1. The summed E-state index contributed by atoms with van der Waals surface area (Å²) in [5.74, 6) is -0.172. The van der Waals surface area contributed by atoms with E-state index < -0.39 is 6.04 Å². The van der Waals surface area contributed by atoms with Crippen LogP contribution in [0, 0.1) is 0 Å². The molecule has 6 heteroatoms. The molecule has 1 aliphatic rings. The van der Waals surface area contributed by atoms with Gasteiger partial charge in [0, 0.05) is 23.8 Å². The molecule has 1 atom stereocenters. The highest BCUT2D eigenvalue weighted by atomic mass is 35.5. The minimum absolute atomic E-state index is 0.172. The maximum atomic E-state index is 12.5. The number of hydrogen-bond donors (Lipinski definition) is 2. The lowest BCUT2D eigenvalue weighted by atomic mass is 10.2. The summed E-state index contributed by atoms with van der Waals surface area (Å²) in [5, 5.41) is 6.35. The van der Waals surface area contributed by atoms with Gasteiger partial charge in [-0.3, -0.25) is 4.79 Å². The number of nitrogens with zero attached hydrogens (tertiary/aromatic N) is 1. The van der Waals surface area contributed by atoms with Crippen molar-refractivity contribution in [3.63, 3.8) is 0 Å². The van der Waals surface area contributed by atoms with E-state index in [2.05, 4.69) is 10.6 Å². The van der Waals surface area contributed by atoms with Crippen LogP contribution in [-0.2, 0) is 11.3 Å². The van der Waals surface area contributed by atoms with Crippen molar-refractivity contribution in [2.24, 2.45) is 0 Å². The lowest BCUT2D eigenvalue weighted by molar-refractivity contribution is -0.119. The highest BCUT2D eigenvalue weighted by Crippen LogP contribution is 2.20. The van der Waals surface area contributed by atoms with Crippen LogP contribution in [0.25, 0.3) is 0 Å². The summed E-state index contributed by atoms with van der Waals surface area (Å²) in [5.41, 5.74) is 1.70. The molecular weight excluding hydrogens is 338 g/mol. The zero-order chi connectivity index (χ0) is 17.6. The summed E-state index contributed by atoms with van der Waals surface area (Å²) in [6.45, 7) is 1.03. The third-order valence-corrected chi connectivity index (χ3v) is 4.47. The van der Waals surface area contributed by atoms with Gasteiger partial charge in [0.2, 0.25) is 5.91 Å². The first kappa shape index (κ1) is 17.3. The molecule has 0 radical (unpaired) electrons. The highest BCUT2D eigenvalue weighted by molar-refractivity contribution is 6.30. The van der Waals surface area contributed by atoms with Crippen LogP contribution in [0.1, 0.15) is 18.4 Å². The maximum absolute atomic E-state index is 12.5. The number of carbonyl (C=O) groups is 2. The fraction of sp³-hybridized carbons (Fsp3) is 0.263. The molecule has 2 N–H and O–H groups in total. The number of carbonyl (C=O) groups excluding carboxylic acids is 2. The van der Waals surface area contributed by atoms with E-state index in [1.54, 1.807) is 29.2 Å². The molecule has 2 aromatic carbocycles. The smallest absolute Gasteiger partial charge is 0.318 e. The van der Waals surface area contributed by atoms with Gasteiger partial charge in [-0.05, 0) is 42.7 Å². The van der Waals surface area contributed by atoms with Gasteiger partial charge in [-0.25, -0.2) is 4.79 Å². The number of anilines is 1. The molecule has 5 nitrogen and oxygen atoms in total. The Balaban J connectivity index is 1.58. The molecule has 0 aliphatic carbocycles. The normalized spacial score (nSPS) is 16.5. The first-order valence-electron chi connectivity index (χ1n) is 8.28. The second-order valence-corrected chi connectivity index (χ2v) is 6.43. The number of nitrogens with one attached hydrogen (secondary N) is 2. The van der Waals surface area contributed by atoms with Crippen LogP contribution in [0.15, 0.2) is 54.6 Å². The summed E-state index contributed by atoms with van der Waals surface area (Å²) in [4.78, 5) is 26.6. The van der Waals surface area contributed by atoms with Gasteiger partial charge in [-0.1, -0.05) is 41.9 Å². The molecule has 3 rings (SSSR count). The number of urea groups is 1. The number of rotatable bonds is 4. The van der Waals surface area contributed by atoms with Crippen LogP contribution in [-0.4, -0.2) is 29.4 Å². The molecule has 25 heavy (non-hydrogen) atoms. The Hall–Kier alpha value is -2.53. The fourth-order valence-electron chi connectivity index (χ4n) is 2.92. The molecule has 2 aromatic rings. The van der Waals surface area contributed by atoms with Crippen LogP contribution in [0.4, 0.5) is 10.5 Å². The number of halogens is 1. The standard InChI is InChI=1S/C19H20ClN3O2/c20-15-8-10-16(11-9-15)22-18(24)17-7-4-12-23(17)19(25)21-13-14-5-2-1-3-6-14/h1-3,5-6,8-11,17H,4,7,12-13H2,(H,21,25)(H,22,24)/t17-/m0/s1. The van der Waals surface area contributed by atoms with Gasteiger partial charge >= 0.3 is 6.03 Å². The zero-order valence-corrected chi connectivity index (χ0v) is 14.5. The predicted molar refractivity (Wildman–Crippen MR) is 98.5 cm³/mol. The lowest BCUT2D eigenvalue weighted by Gasteiger charge is -2.24. The van der Waals surface area contributed by atoms with E-state index in [1.165, 1.54) is 0 Å². The Kier molecular flexibility index (Phi) is 5.56. The van der Waals surface area contributed by atoms with Crippen molar-refractivity contribution in [1.82, 2.24) is 10.2 Å². The van der Waals surface area contributed by atoms with Crippen molar-refractivity contribution in [3.05, 3.63) is 65.2 Å². The van der Waals surface area contributed by atoms with Crippen molar-refractivity contribution in [2.45, 2.75) is 25.4 Å². The van der Waals surface area contributed by atoms with E-state index in [4.69, 9.17) is 11.6 Å². The van der Waals surface area contributed by atoms with Crippen molar-refractivity contribution in [2.75, 3.05) is 11.9 Å². The molecule has 0 spiro atoms. The summed E-state index contributed by atoms with van der Waals surface area (Å²) in [7, 11) is 0. The molecule has 3 amide bonds. The summed E-state index contributed by atoms with van der Waals surface area (Å²) < 4.78 is 0. The van der Waals surface area contributed by atoms with Crippen LogP contribution >= 0.6 is 11.6 Å². The SMILES string of the molecule is O=C(Nc1ccc(Cl)cc1)[C@@H]1CCCN1C(=O)NCc1ccccc1. The van der Waals surface area contributed by atoms with Crippen LogP contribution < -0.4 is 10.6 Å². The van der Waals surface area contributed by atoms with Gasteiger partial charge in [-0.15, -0.1) is 0 Å².